The number of hydrogen-bond donors (Lipinski definition) is 4. The second-order valence-corrected chi connectivity index (χ2v) is 16.8. The minimum atomic E-state index is 0.821. The van der Waals surface area contributed by atoms with Crippen LogP contribution in [0.3, 0.4) is 0 Å². The molecule has 4 aromatic carbocycles. The fraction of sp³-hybridized carbons (Fsp3) is 0. The first kappa shape index (κ1) is 37.5. The third-order valence-electron chi connectivity index (χ3n) is 12.6. The predicted octanol–water partition coefficient (Wildman–Crippen LogP) is 14.7. The summed E-state index contributed by atoms with van der Waals surface area (Å²) < 4.78 is 0. The molecule has 6 aromatic heterocycles. The minimum Gasteiger partial charge on any atom is -0.355 e. The van der Waals surface area contributed by atoms with Gasteiger partial charge in [0.25, 0.3) is 0 Å². The van der Waals surface area contributed by atoms with Gasteiger partial charge in [0.2, 0.25) is 0 Å². The zero-order valence-corrected chi connectivity index (χ0v) is 35.5. The molecule has 13 rings (SSSR count). The first-order chi connectivity index (χ1) is 32.6. The topological polar surface area (TPSA) is 102 Å². The zero-order chi connectivity index (χ0) is 43.6. The molecule has 14 bridgehead atoms. The average molecular weight is 846 g/mol. The zero-order valence-electron chi connectivity index (χ0n) is 35.5. The summed E-state index contributed by atoms with van der Waals surface area (Å²) in [5.74, 6) is 0. The first-order valence-corrected chi connectivity index (χ1v) is 22.2. The van der Waals surface area contributed by atoms with Crippen molar-refractivity contribution >= 4 is 80.1 Å². The highest BCUT2D eigenvalue weighted by atomic mass is 14.8. The number of hydrogen-bond acceptors (Lipinski definition) is 3. The van der Waals surface area contributed by atoms with Crippen LogP contribution in [-0.4, -0.2) is 34.9 Å². The van der Waals surface area contributed by atoms with Crippen LogP contribution in [0.5, 0.6) is 0 Å². The summed E-state index contributed by atoms with van der Waals surface area (Å²) in [6.45, 7) is 0. The van der Waals surface area contributed by atoms with Gasteiger partial charge in [-0.25, -0.2) is 15.0 Å². The van der Waals surface area contributed by atoms with Crippen molar-refractivity contribution in [2.45, 2.75) is 0 Å². The van der Waals surface area contributed by atoms with Gasteiger partial charge in [-0.15, -0.1) is 0 Å². The Bertz CT molecular complexity index is 3790. The number of aromatic nitrogens is 7. The Morgan fingerprint density at radius 2 is 0.742 bits per heavy atom. The number of rotatable bonds is 5. The van der Waals surface area contributed by atoms with Crippen LogP contribution in [0.4, 0.5) is 0 Å². The summed E-state index contributed by atoms with van der Waals surface area (Å²) >= 11 is 0. The maximum atomic E-state index is 5.49. The molecule has 3 aliphatic rings. The Hall–Kier alpha value is -9.07. The van der Waals surface area contributed by atoms with Gasteiger partial charge in [0.05, 0.1) is 34.2 Å². The molecule has 0 saturated heterocycles. The SMILES string of the molecule is C1=Cc2cc3[nH]c(cc4nc(cc5[nH]c(cc1n2)cc5-c1ccccc1)C=C4c1c2ccc([nH]2)c(-c2ccccc2)c2nc(c(-c4ccccc4)c4ccc1[nH]4)C=C2)cc3-c1ccccc1. The Morgan fingerprint density at radius 1 is 0.303 bits per heavy atom. The maximum Gasteiger partial charge on any atom is 0.0738 e. The quantitative estimate of drug-likeness (QED) is 0.139. The van der Waals surface area contributed by atoms with Crippen LogP contribution < -0.4 is 0 Å². The summed E-state index contributed by atoms with van der Waals surface area (Å²) in [6.07, 6.45) is 10.6. The number of nitrogens with zero attached hydrogens (tertiary/aromatic N) is 3. The van der Waals surface area contributed by atoms with Gasteiger partial charge in [-0.1, -0.05) is 121 Å². The number of aromatic amines is 4. The molecule has 0 atom stereocenters. The molecule has 7 nitrogen and oxygen atoms in total. The molecule has 3 aliphatic heterocycles. The van der Waals surface area contributed by atoms with Crippen molar-refractivity contribution in [3.8, 4) is 44.5 Å². The van der Waals surface area contributed by atoms with Gasteiger partial charge in [0.15, 0.2) is 0 Å². The molecular formula is C59H39N7. The minimum absolute atomic E-state index is 0.821. The third-order valence-corrected chi connectivity index (χ3v) is 12.6. The van der Waals surface area contributed by atoms with Crippen LogP contribution >= 0.6 is 0 Å². The standard InChI is InChI=1S/C59H39N7/c1-5-13-36(14-6-1)45-30-42-29-40-21-22-41(60-40)33-54-46(37-15-7-2-8-16-37)31-43(62-54)35-56-47(32-44(63-56)34-55(45)61-42)59-52-27-25-50(65-52)57(38-17-9-3-10-18-38)48-23-24-49(64-48)58(39-19-11-4-12-20-39)51-26-28-53(59)66-51/h1-35,61-62,65-66H. The molecular weight excluding hydrogens is 807 g/mol. The monoisotopic (exact) mass is 845 g/mol. The first-order valence-electron chi connectivity index (χ1n) is 22.2. The molecule has 4 N–H and O–H groups in total. The Balaban J connectivity index is 1.14. The summed E-state index contributed by atoms with van der Waals surface area (Å²) in [5, 5.41) is 0. The van der Waals surface area contributed by atoms with Crippen LogP contribution in [0.1, 0.15) is 39.7 Å². The Labute approximate surface area is 379 Å². The fourth-order valence-electron chi connectivity index (χ4n) is 9.62. The van der Waals surface area contributed by atoms with E-state index in [0.717, 1.165) is 134 Å². The van der Waals surface area contributed by atoms with Crippen molar-refractivity contribution in [2.75, 3.05) is 0 Å². The number of benzene rings is 4. The van der Waals surface area contributed by atoms with Gasteiger partial charge in [-0.2, -0.15) is 0 Å². The molecule has 0 unspecified atom stereocenters. The van der Waals surface area contributed by atoms with E-state index in [0.29, 0.717) is 0 Å². The lowest BCUT2D eigenvalue weighted by Crippen LogP contribution is -1.90. The third kappa shape index (κ3) is 6.66. The lowest BCUT2D eigenvalue weighted by molar-refractivity contribution is 1.30. The van der Waals surface area contributed by atoms with E-state index in [1.165, 1.54) is 0 Å². The molecule has 7 heteroatoms. The van der Waals surface area contributed by atoms with Crippen molar-refractivity contribution in [3.05, 3.63) is 222 Å². The number of nitrogens with one attached hydrogen (secondary N) is 4. The van der Waals surface area contributed by atoms with E-state index in [4.69, 9.17) is 15.0 Å². The summed E-state index contributed by atoms with van der Waals surface area (Å²) in [5.41, 5.74) is 23.4. The van der Waals surface area contributed by atoms with E-state index < -0.39 is 0 Å². The molecule has 10 aromatic rings. The van der Waals surface area contributed by atoms with Crippen molar-refractivity contribution in [2.24, 2.45) is 0 Å². The van der Waals surface area contributed by atoms with E-state index in [2.05, 4.69) is 232 Å². The summed E-state index contributed by atoms with van der Waals surface area (Å²) in [6, 6.07) is 63.8. The van der Waals surface area contributed by atoms with Gasteiger partial charge < -0.3 is 19.9 Å². The van der Waals surface area contributed by atoms with E-state index in [1.54, 1.807) is 0 Å². The molecule has 0 radical (unpaired) electrons. The number of H-pyrrole nitrogens is 4. The number of fused-ring (bicyclic) bond motifs is 14. The van der Waals surface area contributed by atoms with Crippen molar-refractivity contribution in [3.63, 3.8) is 0 Å². The molecule has 0 aliphatic carbocycles. The molecule has 66 heavy (non-hydrogen) atoms. The Morgan fingerprint density at radius 3 is 1.26 bits per heavy atom. The van der Waals surface area contributed by atoms with Crippen LogP contribution in [0.15, 0.2) is 182 Å². The summed E-state index contributed by atoms with van der Waals surface area (Å²) in [4.78, 5) is 31.2. The molecule has 0 saturated carbocycles. The van der Waals surface area contributed by atoms with Crippen LogP contribution in [0, 0.1) is 0 Å². The molecule has 0 fully saturated rings. The molecule has 0 spiro atoms. The van der Waals surface area contributed by atoms with E-state index in [1.807, 2.05) is 0 Å². The van der Waals surface area contributed by atoms with Gasteiger partial charge in [0, 0.05) is 77.5 Å². The van der Waals surface area contributed by atoms with E-state index >= 15 is 0 Å². The average Bonchev–Trinajstić information content (AvgIpc) is 4.23. The van der Waals surface area contributed by atoms with Gasteiger partial charge in [0.1, 0.15) is 0 Å². The summed E-state index contributed by atoms with van der Waals surface area (Å²) in [7, 11) is 0. The fourth-order valence-corrected chi connectivity index (χ4v) is 9.62. The van der Waals surface area contributed by atoms with Crippen LogP contribution in [0.25, 0.3) is 125 Å². The molecule has 9 heterocycles. The predicted molar refractivity (Wildman–Crippen MR) is 273 cm³/mol. The van der Waals surface area contributed by atoms with Crippen LogP contribution in [-0.2, 0) is 0 Å². The van der Waals surface area contributed by atoms with Crippen LogP contribution in [0.2, 0.25) is 0 Å². The second kappa shape index (κ2) is 15.3. The molecule has 310 valence electrons. The van der Waals surface area contributed by atoms with Gasteiger partial charge >= 0.3 is 0 Å². The highest BCUT2D eigenvalue weighted by Gasteiger charge is 2.21. The van der Waals surface area contributed by atoms with Gasteiger partial charge in [-0.05, 0) is 113 Å². The highest BCUT2D eigenvalue weighted by molar-refractivity contribution is 6.05. The van der Waals surface area contributed by atoms with E-state index in [-0.39, 0.29) is 0 Å². The van der Waals surface area contributed by atoms with Crippen molar-refractivity contribution in [1.29, 1.82) is 0 Å². The maximum absolute atomic E-state index is 5.49. The largest absolute Gasteiger partial charge is 0.355 e. The molecule has 0 amide bonds. The lowest BCUT2D eigenvalue weighted by atomic mass is 10.0. The second-order valence-electron chi connectivity index (χ2n) is 16.8. The van der Waals surface area contributed by atoms with E-state index in [9.17, 15) is 0 Å². The lowest BCUT2D eigenvalue weighted by Gasteiger charge is -2.07. The highest BCUT2D eigenvalue weighted by Crippen LogP contribution is 2.39. The van der Waals surface area contributed by atoms with Crippen molar-refractivity contribution < 1.29 is 0 Å². The Kier molecular flexibility index (Phi) is 8.70. The normalized spacial score (nSPS) is 12.5. The van der Waals surface area contributed by atoms with Gasteiger partial charge in [-0.3, -0.25) is 0 Å². The smallest absolute Gasteiger partial charge is 0.0738 e. The van der Waals surface area contributed by atoms with Crippen molar-refractivity contribution in [1.82, 2.24) is 34.9 Å².